The summed E-state index contributed by atoms with van der Waals surface area (Å²) >= 11 is 0. The molecule has 0 heterocycles. The zero-order chi connectivity index (χ0) is 26.6. The number of carbonyl (C=O) groups excluding carboxylic acids is 1. The molecule has 0 aromatic heterocycles. The third kappa shape index (κ3) is 5.73. The van der Waals surface area contributed by atoms with Gasteiger partial charge >= 0.3 is 0 Å². The zero-order valence-electron chi connectivity index (χ0n) is 18.2. The molecule has 6 N–H and O–H groups in total. The minimum atomic E-state index is -5.04. The van der Waals surface area contributed by atoms with Gasteiger partial charge in [0.1, 0.15) is 17.6 Å². The largest absolute Gasteiger partial charge is 0.451 e. The molecule has 0 fully saturated rings. The first kappa shape index (κ1) is 26.5. The number of oxime groups is 1. The summed E-state index contributed by atoms with van der Waals surface area (Å²) in [5.74, 6) is -6.05. The van der Waals surface area contributed by atoms with Crippen molar-refractivity contribution in [1.82, 2.24) is 4.47 Å². The van der Waals surface area contributed by atoms with Crippen LogP contribution in [0, 0.1) is 17.5 Å². The molecule has 3 aromatic rings. The number of halogens is 3. The van der Waals surface area contributed by atoms with Gasteiger partial charge in [0.15, 0.2) is 23.2 Å². The number of amidine groups is 1. The van der Waals surface area contributed by atoms with Crippen molar-refractivity contribution in [3.8, 4) is 11.5 Å². The van der Waals surface area contributed by atoms with Crippen LogP contribution in [-0.2, 0) is 21.2 Å². The SMILES string of the molecule is NC(=O)[C@@H](Cc1ccc(C(N)=NO)cc1)N(O)S(=O)(=O)c1cc(F)c(Oc2ccc(F)cc2)c(F)c1. The highest BCUT2D eigenvalue weighted by molar-refractivity contribution is 7.89. The molecule has 3 rings (SSSR count). The number of amides is 1. The molecule has 10 nitrogen and oxygen atoms in total. The molecule has 0 saturated carbocycles. The molecule has 0 bridgehead atoms. The van der Waals surface area contributed by atoms with E-state index in [1.165, 1.54) is 24.3 Å². The predicted octanol–water partition coefficient (Wildman–Crippen LogP) is 2.47. The number of carbonyl (C=O) groups is 1. The molecule has 1 atom stereocenters. The first-order valence-electron chi connectivity index (χ1n) is 9.96. The van der Waals surface area contributed by atoms with E-state index in [9.17, 15) is 31.6 Å². The third-order valence-electron chi connectivity index (χ3n) is 4.93. The summed E-state index contributed by atoms with van der Waals surface area (Å²) < 4.78 is 72.5. The van der Waals surface area contributed by atoms with Gasteiger partial charge < -0.3 is 21.4 Å². The van der Waals surface area contributed by atoms with Crippen molar-refractivity contribution in [3.05, 3.63) is 89.2 Å². The van der Waals surface area contributed by atoms with Crippen molar-refractivity contribution < 1.29 is 41.5 Å². The van der Waals surface area contributed by atoms with Crippen molar-refractivity contribution in [2.45, 2.75) is 17.4 Å². The molecule has 0 aliphatic carbocycles. The van der Waals surface area contributed by atoms with Gasteiger partial charge in [0.25, 0.3) is 10.0 Å². The average Bonchev–Trinajstić information content (AvgIpc) is 2.85. The summed E-state index contributed by atoms with van der Waals surface area (Å²) in [5, 5.41) is 21.9. The topological polar surface area (TPSA) is 169 Å². The van der Waals surface area contributed by atoms with Crippen LogP contribution in [0.5, 0.6) is 11.5 Å². The van der Waals surface area contributed by atoms with E-state index in [-0.39, 0.29) is 16.1 Å². The summed E-state index contributed by atoms with van der Waals surface area (Å²) in [4.78, 5) is 10.9. The summed E-state index contributed by atoms with van der Waals surface area (Å²) in [6, 6.07) is 8.70. The van der Waals surface area contributed by atoms with E-state index in [0.717, 1.165) is 24.3 Å². The van der Waals surface area contributed by atoms with Crippen molar-refractivity contribution in [1.29, 1.82) is 0 Å². The lowest BCUT2D eigenvalue weighted by atomic mass is 10.0. The minimum Gasteiger partial charge on any atom is -0.451 e. The number of hydrogen-bond acceptors (Lipinski definition) is 7. The molecule has 0 saturated heterocycles. The normalized spacial score (nSPS) is 13.0. The monoisotopic (exact) mass is 524 g/mol. The Morgan fingerprint density at radius 1 is 1.00 bits per heavy atom. The Kier molecular flexibility index (Phi) is 7.82. The van der Waals surface area contributed by atoms with Crippen LogP contribution in [0.1, 0.15) is 11.1 Å². The summed E-state index contributed by atoms with van der Waals surface area (Å²) in [7, 11) is -5.04. The number of hydroxylamine groups is 1. The highest BCUT2D eigenvalue weighted by atomic mass is 32.2. The van der Waals surface area contributed by atoms with Crippen LogP contribution >= 0.6 is 0 Å². The molecule has 0 unspecified atom stereocenters. The van der Waals surface area contributed by atoms with Crippen molar-refractivity contribution in [2.75, 3.05) is 0 Å². The van der Waals surface area contributed by atoms with Crippen molar-refractivity contribution in [3.63, 3.8) is 0 Å². The Bertz CT molecular complexity index is 1380. The van der Waals surface area contributed by atoms with Gasteiger partial charge in [0, 0.05) is 12.0 Å². The number of sulfonamides is 1. The fourth-order valence-corrected chi connectivity index (χ4v) is 4.29. The fraction of sp³-hybridized carbons (Fsp3) is 0.0909. The van der Waals surface area contributed by atoms with Gasteiger partial charge in [-0.3, -0.25) is 10.0 Å². The van der Waals surface area contributed by atoms with Gasteiger partial charge in [-0.25, -0.2) is 21.6 Å². The van der Waals surface area contributed by atoms with Crippen molar-refractivity contribution in [2.24, 2.45) is 16.6 Å². The van der Waals surface area contributed by atoms with Crippen LogP contribution in [0.4, 0.5) is 13.2 Å². The van der Waals surface area contributed by atoms with Gasteiger partial charge in [-0.2, -0.15) is 0 Å². The van der Waals surface area contributed by atoms with Gasteiger partial charge in [-0.05, 0) is 42.0 Å². The lowest BCUT2D eigenvalue weighted by molar-refractivity contribution is -0.131. The standard InChI is InChI=1S/C22H19F3N4O6S/c23-14-5-7-15(8-6-14)35-20-17(24)10-16(11-18(20)25)36(33,34)29(32)19(22(27)30)9-12-1-3-13(4-2-12)21(26)28-31/h1-8,10-11,19,31-32H,9H2,(H2,26,28)(H2,27,30)/t19-/m1/s1. The van der Waals surface area contributed by atoms with E-state index in [1.807, 2.05) is 0 Å². The second-order valence-electron chi connectivity index (χ2n) is 7.35. The summed E-state index contributed by atoms with van der Waals surface area (Å²) in [6.07, 6.45) is -0.418. The number of ether oxygens (including phenoxy) is 1. The fourth-order valence-electron chi connectivity index (χ4n) is 3.06. The van der Waals surface area contributed by atoms with Crippen LogP contribution < -0.4 is 16.2 Å². The number of benzene rings is 3. The van der Waals surface area contributed by atoms with E-state index in [4.69, 9.17) is 21.4 Å². The molecule has 3 aromatic carbocycles. The number of primary amides is 1. The zero-order valence-corrected chi connectivity index (χ0v) is 19.0. The number of nitrogens with zero attached hydrogens (tertiary/aromatic N) is 2. The molecule has 1 amide bonds. The van der Waals surface area contributed by atoms with E-state index in [1.54, 1.807) is 0 Å². The maximum absolute atomic E-state index is 14.6. The Balaban J connectivity index is 1.88. The highest BCUT2D eigenvalue weighted by Crippen LogP contribution is 2.31. The Labute approximate surface area is 202 Å². The first-order chi connectivity index (χ1) is 16.9. The molecular formula is C22H19F3N4O6S. The lowest BCUT2D eigenvalue weighted by Gasteiger charge is -2.23. The maximum Gasteiger partial charge on any atom is 0.265 e. The van der Waals surface area contributed by atoms with Crippen LogP contribution in [0.3, 0.4) is 0 Å². The molecule has 0 spiro atoms. The summed E-state index contributed by atoms with van der Waals surface area (Å²) in [5.41, 5.74) is 11.4. The number of hydrogen-bond donors (Lipinski definition) is 4. The molecule has 36 heavy (non-hydrogen) atoms. The van der Waals surface area contributed by atoms with Gasteiger partial charge in [0.05, 0.1) is 4.90 Å². The molecular weight excluding hydrogens is 505 g/mol. The van der Waals surface area contributed by atoms with Crippen LogP contribution in [0.2, 0.25) is 0 Å². The number of rotatable bonds is 9. The number of nitrogens with two attached hydrogens (primary N) is 2. The maximum atomic E-state index is 14.6. The van der Waals surface area contributed by atoms with E-state index >= 15 is 0 Å². The molecule has 14 heteroatoms. The first-order valence-corrected chi connectivity index (χ1v) is 11.4. The molecule has 0 radical (unpaired) electrons. The Morgan fingerprint density at radius 3 is 2.06 bits per heavy atom. The summed E-state index contributed by atoms with van der Waals surface area (Å²) in [6.45, 7) is 0. The molecule has 0 aliphatic rings. The minimum absolute atomic E-state index is 0.125. The van der Waals surface area contributed by atoms with Gasteiger partial charge in [0.2, 0.25) is 5.91 Å². The lowest BCUT2D eigenvalue weighted by Crippen LogP contribution is -2.47. The highest BCUT2D eigenvalue weighted by Gasteiger charge is 2.35. The average molecular weight is 524 g/mol. The van der Waals surface area contributed by atoms with E-state index in [2.05, 4.69) is 5.16 Å². The van der Waals surface area contributed by atoms with Gasteiger partial charge in [-0.15, -0.1) is 0 Å². The van der Waals surface area contributed by atoms with Crippen LogP contribution in [0.25, 0.3) is 0 Å². The van der Waals surface area contributed by atoms with Crippen LogP contribution in [0.15, 0.2) is 70.7 Å². The van der Waals surface area contributed by atoms with E-state index in [0.29, 0.717) is 23.3 Å². The Morgan fingerprint density at radius 2 is 1.56 bits per heavy atom. The molecule has 0 aliphatic heterocycles. The van der Waals surface area contributed by atoms with Gasteiger partial charge in [-0.1, -0.05) is 33.9 Å². The van der Waals surface area contributed by atoms with Crippen LogP contribution in [-0.4, -0.2) is 41.1 Å². The second-order valence-corrected chi connectivity index (χ2v) is 9.15. The Hall–Kier alpha value is -4.14. The smallest absolute Gasteiger partial charge is 0.265 e. The molecule has 190 valence electrons. The third-order valence-corrected chi connectivity index (χ3v) is 6.51. The van der Waals surface area contributed by atoms with E-state index < -0.39 is 56.5 Å². The van der Waals surface area contributed by atoms with Crippen molar-refractivity contribution >= 4 is 21.8 Å². The quantitative estimate of drug-likeness (QED) is 0.144. The second kappa shape index (κ2) is 10.6. The predicted molar refractivity (Wildman–Crippen MR) is 119 cm³/mol.